The number of nitrogens with two attached hydrogens (primary N) is 1. The molecule has 100 valence electrons. The van der Waals surface area contributed by atoms with Gasteiger partial charge in [-0.25, -0.2) is 4.79 Å². The first kappa shape index (κ1) is 14.4. The number of carboxylic acids is 1. The van der Waals surface area contributed by atoms with Crippen LogP contribution in [0.3, 0.4) is 0 Å². The van der Waals surface area contributed by atoms with Crippen molar-refractivity contribution in [3.05, 3.63) is 23.3 Å². The van der Waals surface area contributed by atoms with E-state index in [1.54, 1.807) is 13.0 Å². The summed E-state index contributed by atoms with van der Waals surface area (Å²) in [5.41, 5.74) is 7.02. The van der Waals surface area contributed by atoms with E-state index in [-0.39, 0.29) is 11.0 Å². The molecule has 0 saturated carbocycles. The first-order valence-corrected chi connectivity index (χ1v) is 5.97. The lowest BCUT2D eigenvalue weighted by Crippen LogP contribution is -2.12. The molecule has 0 spiro atoms. The van der Waals surface area contributed by atoms with Crippen LogP contribution in [0.15, 0.2) is 12.1 Å². The molecule has 0 radical (unpaired) electrons. The van der Waals surface area contributed by atoms with Crippen molar-refractivity contribution in [2.45, 2.75) is 34.1 Å². The molecule has 0 heterocycles. The van der Waals surface area contributed by atoms with Gasteiger partial charge in [0.05, 0.1) is 12.2 Å². The molecule has 18 heavy (non-hydrogen) atoms. The first-order chi connectivity index (χ1) is 8.20. The molecule has 0 saturated heterocycles. The molecule has 0 aromatic heterocycles. The first-order valence-electron chi connectivity index (χ1n) is 5.97. The molecule has 0 aliphatic rings. The Bertz CT molecular complexity index is 447. The van der Waals surface area contributed by atoms with Gasteiger partial charge in [-0.15, -0.1) is 0 Å². The predicted octanol–water partition coefficient (Wildman–Crippen LogP) is 3.09. The Hall–Kier alpha value is -1.71. The second kappa shape index (κ2) is 5.29. The summed E-state index contributed by atoms with van der Waals surface area (Å²) in [5.74, 6) is -0.472. The maximum Gasteiger partial charge on any atom is 0.337 e. The molecule has 3 N–H and O–H groups in total. The number of anilines is 1. The second-order valence-corrected chi connectivity index (χ2v) is 5.67. The number of hydrogen-bond donors (Lipinski definition) is 2. The van der Waals surface area contributed by atoms with Crippen LogP contribution >= 0.6 is 0 Å². The minimum absolute atomic E-state index is 0.0979. The summed E-state index contributed by atoms with van der Waals surface area (Å²) in [6, 6.07) is 3.25. The van der Waals surface area contributed by atoms with Crippen molar-refractivity contribution in [3.8, 4) is 5.75 Å². The maximum absolute atomic E-state index is 11.0. The summed E-state index contributed by atoms with van der Waals surface area (Å²) in [4.78, 5) is 11.0. The number of carbonyl (C=O) groups is 1. The molecule has 0 unspecified atom stereocenters. The van der Waals surface area contributed by atoms with E-state index in [0.717, 1.165) is 12.0 Å². The number of rotatable bonds is 4. The van der Waals surface area contributed by atoms with Crippen LogP contribution in [-0.2, 0) is 0 Å². The highest BCUT2D eigenvalue weighted by Gasteiger charge is 2.14. The lowest BCUT2D eigenvalue weighted by atomic mass is 9.93. The van der Waals surface area contributed by atoms with E-state index in [4.69, 9.17) is 15.6 Å². The Kier molecular flexibility index (Phi) is 4.22. The highest BCUT2D eigenvalue weighted by atomic mass is 16.5. The van der Waals surface area contributed by atoms with Gasteiger partial charge in [0.2, 0.25) is 0 Å². The Morgan fingerprint density at radius 3 is 2.50 bits per heavy atom. The zero-order chi connectivity index (χ0) is 13.9. The SMILES string of the molecule is Cc1cc(OCCC(C)(C)C)cc(C(=O)O)c1N. The highest BCUT2D eigenvalue weighted by molar-refractivity contribution is 5.95. The number of aryl methyl sites for hydroxylation is 1. The van der Waals surface area contributed by atoms with Crippen molar-refractivity contribution in [2.24, 2.45) is 5.41 Å². The van der Waals surface area contributed by atoms with Crippen LogP contribution in [0.2, 0.25) is 0 Å². The molecule has 0 atom stereocenters. The molecule has 4 nitrogen and oxygen atoms in total. The average molecular weight is 251 g/mol. The minimum atomic E-state index is -1.03. The third kappa shape index (κ3) is 3.95. The van der Waals surface area contributed by atoms with Gasteiger partial charge in [0.1, 0.15) is 5.75 Å². The predicted molar refractivity (Wildman–Crippen MR) is 72.1 cm³/mol. The van der Waals surface area contributed by atoms with E-state index in [1.807, 2.05) is 0 Å². The van der Waals surface area contributed by atoms with Crippen molar-refractivity contribution < 1.29 is 14.6 Å². The van der Waals surface area contributed by atoms with Gasteiger partial charge >= 0.3 is 5.97 Å². The monoisotopic (exact) mass is 251 g/mol. The fourth-order valence-corrected chi connectivity index (χ4v) is 1.50. The molecule has 0 aliphatic carbocycles. The molecule has 1 rings (SSSR count). The van der Waals surface area contributed by atoms with E-state index in [2.05, 4.69) is 20.8 Å². The fourth-order valence-electron chi connectivity index (χ4n) is 1.50. The zero-order valence-corrected chi connectivity index (χ0v) is 11.4. The molecule has 0 amide bonds. The molecule has 0 aliphatic heterocycles. The molecule has 1 aromatic rings. The normalized spacial score (nSPS) is 11.3. The summed E-state index contributed by atoms with van der Waals surface area (Å²) < 4.78 is 5.59. The van der Waals surface area contributed by atoms with E-state index < -0.39 is 5.97 Å². The molecule has 0 fully saturated rings. The quantitative estimate of drug-likeness (QED) is 0.806. The Balaban J connectivity index is 2.82. The summed E-state index contributed by atoms with van der Waals surface area (Å²) in [5, 5.41) is 9.03. The van der Waals surface area contributed by atoms with Gasteiger partial charge in [-0.2, -0.15) is 0 Å². The molecule has 0 bridgehead atoms. The molecular weight excluding hydrogens is 230 g/mol. The minimum Gasteiger partial charge on any atom is -0.494 e. The largest absolute Gasteiger partial charge is 0.494 e. The molecule has 4 heteroatoms. The highest BCUT2D eigenvalue weighted by Crippen LogP contribution is 2.25. The summed E-state index contributed by atoms with van der Waals surface area (Å²) in [6.45, 7) is 8.73. The number of ether oxygens (including phenoxy) is 1. The van der Waals surface area contributed by atoms with Crippen LogP contribution in [0, 0.1) is 12.3 Å². The Labute approximate surface area is 108 Å². The number of carboxylic acid groups (broad SMARTS) is 1. The van der Waals surface area contributed by atoms with Crippen LogP contribution in [0.1, 0.15) is 43.1 Å². The molecular formula is C14H21NO3. The third-order valence-electron chi connectivity index (χ3n) is 2.71. The maximum atomic E-state index is 11.0. The van der Waals surface area contributed by atoms with Crippen molar-refractivity contribution in [3.63, 3.8) is 0 Å². The number of benzene rings is 1. The van der Waals surface area contributed by atoms with Gasteiger partial charge in [-0.1, -0.05) is 20.8 Å². The van der Waals surface area contributed by atoms with Gasteiger partial charge in [-0.3, -0.25) is 0 Å². The van der Waals surface area contributed by atoms with Gasteiger partial charge in [0, 0.05) is 5.69 Å². The van der Waals surface area contributed by atoms with Crippen molar-refractivity contribution >= 4 is 11.7 Å². The van der Waals surface area contributed by atoms with E-state index >= 15 is 0 Å². The smallest absolute Gasteiger partial charge is 0.337 e. The summed E-state index contributed by atoms with van der Waals surface area (Å²) >= 11 is 0. The van der Waals surface area contributed by atoms with Crippen LogP contribution in [0.4, 0.5) is 5.69 Å². The Morgan fingerprint density at radius 1 is 1.39 bits per heavy atom. The van der Waals surface area contributed by atoms with Gasteiger partial charge < -0.3 is 15.6 Å². The van der Waals surface area contributed by atoms with Crippen molar-refractivity contribution in [1.29, 1.82) is 0 Å². The number of aromatic carboxylic acids is 1. The van der Waals surface area contributed by atoms with Crippen LogP contribution in [0.25, 0.3) is 0 Å². The standard InChI is InChI=1S/C14H21NO3/c1-9-7-10(18-6-5-14(2,3)4)8-11(12(9)15)13(16)17/h7-8H,5-6,15H2,1-4H3,(H,16,17). The van der Waals surface area contributed by atoms with Gasteiger partial charge in [0.25, 0.3) is 0 Å². The lowest BCUT2D eigenvalue weighted by Gasteiger charge is -2.18. The second-order valence-electron chi connectivity index (χ2n) is 5.67. The van der Waals surface area contributed by atoms with Crippen molar-refractivity contribution in [2.75, 3.05) is 12.3 Å². The lowest BCUT2D eigenvalue weighted by molar-refractivity contribution is 0.0697. The van der Waals surface area contributed by atoms with E-state index in [1.165, 1.54) is 6.07 Å². The number of nitrogen functional groups attached to an aromatic ring is 1. The summed E-state index contributed by atoms with van der Waals surface area (Å²) in [7, 11) is 0. The fraction of sp³-hybridized carbons (Fsp3) is 0.500. The van der Waals surface area contributed by atoms with Crippen LogP contribution < -0.4 is 10.5 Å². The number of hydrogen-bond acceptors (Lipinski definition) is 3. The van der Waals surface area contributed by atoms with E-state index in [9.17, 15) is 4.79 Å². The van der Waals surface area contributed by atoms with Gasteiger partial charge in [0.15, 0.2) is 0 Å². The van der Waals surface area contributed by atoms with E-state index in [0.29, 0.717) is 18.0 Å². The topological polar surface area (TPSA) is 72.5 Å². The van der Waals surface area contributed by atoms with Crippen LogP contribution in [0.5, 0.6) is 5.75 Å². The zero-order valence-electron chi connectivity index (χ0n) is 11.4. The average Bonchev–Trinajstić information content (AvgIpc) is 2.20. The van der Waals surface area contributed by atoms with Gasteiger partial charge in [-0.05, 0) is 36.5 Å². The molecule has 1 aromatic carbocycles. The third-order valence-corrected chi connectivity index (χ3v) is 2.71. The Morgan fingerprint density at radius 2 is 2.00 bits per heavy atom. The van der Waals surface area contributed by atoms with Crippen LogP contribution in [-0.4, -0.2) is 17.7 Å². The van der Waals surface area contributed by atoms with Crippen molar-refractivity contribution in [1.82, 2.24) is 0 Å². The summed E-state index contributed by atoms with van der Waals surface area (Å²) in [6.07, 6.45) is 0.902.